The summed E-state index contributed by atoms with van der Waals surface area (Å²) in [7, 11) is -3.59. The highest BCUT2D eigenvalue weighted by molar-refractivity contribution is 7.89. The van der Waals surface area contributed by atoms with E-state index in [-0.39, 0.29) is 30.5 Å². The highest BCUT2D eigenvalue weighted by atomic mass is 35.5. The third-order valence-electron chi connectivity index (χ3n) is 3.85. The molecule has 0 atom stereocenters. The molecule has 6 nitrogen and oxygen atoms in total. The highest BCUT2D eigenvalue weighted by Gasteiger charge is 2.13. The molecule has 0 bridgehead atoms. The van der Waals surface area contributed by atoms with E-state index in [0.717, 1.165) is 16.7 Å². The average Bonchev–Trinajstić information content (AvgIpc) is 2.62. The van der Waals surface area contributed by atoms with Gasteiger partial charge in [0.25, 0.3) is 5.91 Å². The second-order valence-corrected chi connectivity index (χ2v) is 8.37. The maximum atomic E-state index is 12.1. The summed E-state index contributed by atoms with van der Waals surface area (Å²) in [6.07, 6.45) is 0. The number of carbonyl (C=O) groups excluding carboxylic acids is 1. The average molecular weight is 411 g/mol. The smallest absolute Gasteiger partial charge is 0.257 e. The molecular formula is C19H23ClN2O4S. The van der Waals surface area contributed by atoms with Gasteiger partial charge in [-0.15, -0.1) is 0 Å². The number of carbonyl (C=O) groups is 1. The second kappa shape index (κ2) is 9.21. The summed E-state index contributed by atoms with van der Waals surface area (Å²) in [6, 6.07) is 10.1. The fourth-order valence-electron chi connectivity index (χ4n) is 2.38. The summed E-state index contributed by atoms with van der Waals surface area (Å²) in [5, 5.41) is 3.28. The van der Waals surface area contributed by atoms with Crippen LogP contribution >= 0.6 is 11.6 Å². The van der Waals surface area contributed by atoms with Crippen LogP contribution in [0.4, 0.5) is 0 Å². The Kier molecular flexibility index (Phi) is 7.24. The van der Waals surface area contributed by atoms with Crippen LogP contribution in [0.3, 0.4) is 0 Å². The van der Waals surface area contributed by atoms with Gasteiger partial charge in [0, 0.05) is 18.1 Å². The van der Waals surface area contributed by atoms with Gasteiger partial charge >= 0.3 is 0 Å². The Hall–Kier alpha value is -2.09. The maximum Gasteiger partial charge on any atom is 0.257 e. The molecule has 0 aliphatic carbocycles. The topological polar surface area (TPSA) is 84.5 Å². The minimum atomic E-state index is -3.59. The molecule has 8 heteroatoms. The number of ether oxygens (including phenoxy) is 1. The van der Waals surface area contributed by atoms with Crippen molar-refractivity contribution in [3.63, 3.8) is 0 Å². The van der Waals surface area contributed by atoms with Crippen LogP contribution in [0.15, 0.2) is 41.3 Å². The first kappa shape index (κ1) is 21.2. The van der Waals surface area contributed by atoms with Crippen molar-refractivity contribution in [2.75, 3.05) is 19.7 Å². The second-order valence-electron chi connectivity index (χ2n) is 6.22. The van der Waals surface area contributed by atoms with E-state index in [4.69, 9.17) is 16.3 Å². The molecule has 2 aromatic carbocycles. The number of hydrogen-bond donors (Lipinski definition) is 2. The normalized spacial score (nSPS) is 11.3. The molecule has 2 N–H and O–H groups in total. The lowest BCUT2D eigenvalue weighted by Gasteiger charge is -2.11. The molecule has 0 radical (unpaired) electrons. The molecule has 0 saturated carbocycles. The Bertz CT molecular complexity index is 889. The first-order chi connectivity index (χ1) is 12.7. The van der Waals surface area contributed by atoms with Gasteiger partial charge in [-0.1, -0.05) is 29.3 Å². The van der Waals surface area contributed by atoms with Crippen LogP contribution in [0.2, 0.25) is 5.02 Å². The van der Waals surface area contributed by atoms with Crippen molar-refractivity contribution in [1.29, 1.82) is 0 Å². The first-order valence-corrected chi connectivity index (χ1v) is 10.3. The number of sulfonamides is 1. The summed E-state index contributed by atoms with van der Waals surface area (Å²) < 4.78 is 32.2. The third-order valence-corrected chi connectivity index (χ3v) is 5.92. The lowest BCUT2D eigenvalue weighted by Crippen LogP contribution is -2.36. The molecule has 2 aromatic rings. The van der Waals surface area contributed by atoms with Crippen molar-refractivity contribution in [2.45, 2.75) is 25.7 Å². The number of aryl methyl sites for hydroxylation is 3. The predicted octanol–water partition coefficient (Wildman–Crippen LogP) is 2.74. The van der Waals surface area contributed by atoms with Gasteiger partial charge in [0.2, 0.25) is 10.0 Å². The summed E-state index contributed by atoms with van der Waals surface area (Å²) in [6.45, 7) is 5.69. The Morgan fingerprint density at radius 3 is 2.22 bits per heavy atom. The Morgan fingerprint density at radius 2 is 1.63 bits per heavy atom. The molecule has 0 saturated heterocycles. The van der Waals surface area contributed by atoms with E-state index < -0.39 is 10.0 Å². The molecule has 2 rings (SSSR count). The van der Waals surface area contributed by atoms with Gasteiger partial charge in [-0.2, -0.15) is 0 Å². The van der Waals surface area contributed by atoms with E-state index in [1.54, 1.807) is 36.4 Å². The zero-order chi connectivity index (χ0) is 20.0. The van der Waals surface area contributed by atoms with Crippen LogP contribution in [0.5, 0.6) is 5.75 Å². The van der Waals surface area contributed by atoms with Crippen LogP contribution in [0, 0.1) is 20.8 Å². The molecule has 0 unspecified atom stereocenters. The zero-order valence-corrected chi connectivity index (χ0v) is 17.1. The first-order valence-electron chi connectivity index (χ1n) is 8.41. The van der Waals surface area contributed by atoms with Crippen LogP contribution in [-0.4, -0.2) is 34.0 Å². The lowest BCUT2D eigenvalue weighted by molar-refractivity contribution is -0.123. The number of hydrogen-bond acceptors (Lipinski definition) is 4. The highest BCUT2D eigenvalue weighted by Crippen LogP contribution is 2.25. The fraction of sp³-hybridized carbons (Fsp3) is 0.316. The minimum absolute atomic E-state index is 0.0844. The molecule has 0 aromatic heterocycles. The predicted molar refractivity (Wildman–Crippen MR) is 106 cm³/mol. The molecule has 0 heterocycles. The number of nitrogens with one attached hydrogen (secondary N) is 2. The number of halogens is 1. The van der Waals surface area contributed by atoms with Crippen molar-refractivity contribution in [3.05, 3.63) is 58.1 Å². The van der Waals surface area contributed by atoms with Crippen LogP contribution in [0.1, 0.15) is 16.7 Å². The van der Waals surface area contributed by atoms with Crippen molar-refractivity contribution >= 4 is 27.5 Å². The van der Waals surface area contributed by atoms with Crippen molar-refractivity contribution in [1.82, 2.24) is 10.0 Å². The zero-order valence-electron chi connectivity index (χ0n) is 15.5. The Labute approximate surface area is 164 Å². The summed E-state index contributed by atoms with van der Waals surface area (Å²) >= 11 is 6.09. The van der Waals surface area contributed by atoms with E-state index in [2.05, 4.69) is 10.0 Å². The summed E-state index contributed by atoms with van der Waals surface area (Å²) in [5.74, 6) is 0.222. The standard InChI is InChI=1S/C19H23ClN2O4S/c1-13-4-6-17(7-5-13)27(24,25)22-9-8-21-18(23)12-26-16-10-14(2)19(20)15(3)11-16/h4-7,10-11,22H,8-9,12H2,1-3H3,(H,21,23). The van der Waals surface area contributed by atoms with Gasteiger partial charge in [0.05, 0.1) is 4.90 Å². The molecule has 0 aliphatic rings. The third kappa shape index (κ3) is 6.23. The van der Waals surface area contributed by atoms with E-state index in [1.165, 1.54) is 0 Å². The lowest BCUT2D eigenvalue weighted by atomic mass is 10.1. The molecular weight excluding hydrogens is 388 g/mol. The van der Waals surface area contributed by atoms with Gasteiger partial charge < -0.3 is 10.1 Å². The number of amides is 1. The van der Waals surface area contributed by atoms with E-state index in [1.807, 2.05) is 20.8 Å². The van der Waals surface area contributed by atoms with Crippen LogP contribution in [-0.2, 0) is 14.8 Å². The molecule has 0 spiro atoms. The van der Waals surface area contributed by atoms with Gasteiger partial charge in [-0.05, 0) is 56.2 Å². The van der Waals surface area contributed by atoms with Crippen molar-refractivity contribution in [3.8, 4) is 5.75 Å². The Balaban J connectivity index is 1.75. The van der Waals surface area contributed by atoms with Gasteiger partial charge in [-0.25, -0.2) is 13.1 Å². The largest absolute Gasteiger partial charge is 0.484 e. The van der Waals surface area contributed by atoms with Crippen molar-refractivity contribution in [2.24, 2.45) is 0 Å². The quantitative estimate of drug-likeness (QED) is 0.655. The maximum absolute atomic E-state index is 12.1. The monoisotopic (exact) mass is 410 g/mol. The molecule has 0 fully saturated rings. The molecule has 27 heavy (non-hydrogen) atoms. The Morgan fingerprint density at radius 1 is 1.04 bits per heavy atom. The molecule has 0 aliphatic heterocycles. The SMILES string of the molecule is Cc1ccc(S(=O)(=O)NCCNC(=O)COc2cc(C)c(Cl)c(C)c2)cc1. The van der Waals surface area contributed by atoms with Crippen LogP contribution in [0.25, 0.3) is 0 Å². The number of rotatable bonds is 8. The van der Waals surface area contributed by atoms with Crippen molar-refractivity contribution < 1.29 is 17.9 Å². The van der Waals surface area contributed by atoms with E-state index in [9.17, 15) is 13.2 Å². The number of benzene rings is 2. The van der Waals surface area contributed by atoms with Crippen LogP contribution < -0.4 is 14.8 Å². The fourth-order valence-corrected chi connectivity index (χ4v) is 3.52. The molecule has 1 amide bonds. The molecule has 146 valence electrons. The summed E-state index contributed by atoms with van der Waals surface area (Å²) in [5.41, 5.74) is 2.72. The van der Waals surface area contributed by atoms with Gasteiger partial charge in [-0.3, -0.25) is 4.79 Å². The van der Waals surface area contributed by atoms with Gasteiger partial charge in [0.15, 0.2) is 6.61 Å². The van der Waals surface area contributed by atoms with Gasteiger partial charge in [0.1, 0.15) is 5.75 Å². The summed E-state index contributed by atoms with van der Waals surface area (Å²) in [4.78, 5) is 12.0. The van der Waals surface area contributed by atoms with E-state index in [0.29, 0.717) is 10.8 Å². The van der Waals surface area contributed by atoms with E-state index >= 15 is 0 Å². The minimum Gasteiger partial charge on any atom is -0.484 e.